The monoisotopic (exact) mass is 601 g/mol. The van der Waals surface area contributed by atoms with Crippen molar-refractivity contribution in [2.24, 2.45) is 0 Å². The summed E-state index contributed by atoms with van der Waals surface area (Å²) in [5.74, 6) is -1.19. The molecule has 1 aliphatic rings. The molecule has 0 aromatic heterocycles. The van der Waals surface area contributed by atoms with Gasteiger partial charge in [0.15, 0.2) is 5.11 Å². The van der Waals surface area contributed by atoms with Crippen LogP contribution in [0.5, 0.6) is 5.75 Å². The number of nitrogens with zero attached hydrogens (tertiary/aromatic N) is 2. The third kappa shape index (κ3) is 4.23. The molecule has 1 N–H and O–H groups in total. The summed E-state index contributed by atoms with van der Waals surface area (Å²) in [6.07, 6.45) is 1.30. The number of carbonyl (C=O) groups excluding carboxylic acids is 2. The highest BCUT2D eigenvalue weighted by molar-refractivity contribution is 14.1. The maximum atomic E-state index is 13.2. The van der Waals surface area contributed by atoms with Crippen LogP contribution in [0.1, 0.15) is 11.1 Å². The van der Waals surface area contributed by atoms with Gasteiger partial charge < -0.3 is 4.74 Å². The first-order chi connectivity index (χ1) is 14.1. The number of anilines is 1. The minimum absolute atomic E-state index is 0.0390. The van der Waals surface area contributed by atoms with Crippen LogP contribution in [0.2, 0.25) is 0 Å². The fraction of sp³-hybridized carbons (Fsp3) is 0.105. The van der Waals surface area contributed by atoms with E-state index in [1.807, 2.05) is 35.6 Å². The molecule has 0 atom stereocenters. The number of nitrogens with one attached hydrogen (secondary N) is 1. The highest BCUT2D eigenvalue weighted by atomic mass is 127. The number of rotatable bonds is 4. The molecule has 2 amide bonds. The number of ether oxygens (including phenoxy) is 1. The normalized spacial score (nSPS) is 15.4. The van der Waals surface area contributed by atoms with Crippen molar-refractivity contribution >= 4 is 85.1 Å². The Balaban J connectivity index is 2.10. The molecule has 1 aliphatic heterocycles. The van der Waals surface area contributed by atoms with Crippen molar-refractivity contribution in [3.63, 3.8) is 0 Å². The van der Waals surface area contributed by atoms with Crippen LogP contribution in [0, 0.1) is 20.6 Å². The van der Waals surface area contributed by atoms with Gasteiger partial charge in [-0.15, -0.1) is 0 Å². The zero-order valence-corrected chi connectivity index (χ0v) is 20.1. The number of aryl methyl sites for hydroxylation is 1. The lowest BCUT2D eigenvalue weighted by molar-refractivity contribution is -0.385. The Morgan fingerprint density at radius 2 is 2.00 bits per heavy atom. The van der Waals surface area contributed by atoms with Crippen LogP contribution in [0.15, 0.2) is 40.4 Å². The van der Waals surface area contributed by atoms with Crippen molar-refractivity contribution in [2.75, 3.05) is 12.0 Å². The third-order valence-corrected chi connectivity index (χ3v) is 5.84. The summed E-state index contributed by atoms with van der Waals surface area (Å²) >= 11 is 10.5. The summed E-state index contributed by atoms with van der Waals surface area (Å²) in [4.78, 5) is 37.7. The van der Waals surface area contributed by atoms with Crippen molar-refractivity contribution < 1.29 is 19.2 Å². The molecule has 2 aromatic rings. The van der Waals surface area contributed by atoms with Gasteiger partial charge in [0.2, 0.25) is 5.75 Å². The van der Waals surface area contributed by atoms with Crippen molar-refractivity contribution in [3.05, 3.63) is 65.2 Å². The van der Waals surface area contributed by atoms with E-state index in [2.05, 4.69) is 21.2 Å². The Kier molecular flexibility index (Phi) is 6.53. The van der Waals surface area contributed by atoms with Gasteiger partial charge in [-0.05, 0) is 83.2 Å². The van der Waals surface area contributed by atoms with Gasteiger partial charge in [-0.25, -0.2) is 0 Å². The summed E-state index contributed by atoms with van der Waals surface area (Å²) in [7, 11) is 1.33. The average Bonchev–Trinajstić information content (AvgIpc) is 2.66. The Hall–Kier alpha value is -2.38. The van der Waals surface area contributed by atoms with E-state index in [9.17, 15) is 19.7 Å². The van der Waals surface area contributed by atoms with Crippen LogP contribution >= 0.6 is 50.7 Å². The lowest BCUT2D eigenvalue weighted by Gasteiger charge is -2.30. The van der Waals surface area contributed by atoms with E-state index < -0.39 is 16.7 Å². The van der Waals surface area contributed by atoms with Gasteiger partial charge >= 0.3 is 5.69 Å². The molecular weight excluding hydrogens is 589 g/mol. The minimum atomic E-state index is -0.676. The topological polar surface area (TPSA) is 102 Å². The zero-order chi connectivity index (χ0) is 22.2. The fourth-order valence-corrected chi connectivity index (χ4v) is 4.54. The summed E-state index contributed by atoms with van der Waals surface area (Å²) in [5.41, 5.74) is 1.14. The number of benzene rings is 2. The molecule has 30 heavy (non-hydrogen) atoms. The maximum absolute atomic E-state index is 13.2. The number of nitro benzene ring substituents is 1. The average molecular weight is 602 g/mol. The van der Waals surface area contributed by atoms with E-state index in [1.54, 1.807) is 18.2 Å². The van der Waals surface area contributed by atoms with Crippen LogP contribution in [0.4, 0.5) is 11.4 Å². The first-order valence-corrected chi connectivity index (χ1v) is 10.6. The Morgan fingerprint density at radius 3 is 2.60 bits per heavy atom. The fourth-order valence-electron chi connectivity index (χ4n) is 2.93. The largest absolute Gasteiger partial charge is 0.489 e. The number of methoxy groups -OCH3 is 1. The van der Waals surface area contributed by atoms with Gasteiger partial charge in [0.1, 0.15) is 5.57 Å². The second kappa shape index (κ2) is 8.78. The summed E-state index contributed by atoms with van der Waals surface area (Å²) in [6.45, 7) is 1.81. The van der Waals surface area contributed by atoms with Crippen LogP contribution < -0.4 is 15.0 Å². The van der Waals surface area contributed by atoms with E-state index in [0.717, 1.165) is 10.0 Å². The molecule has 154 valence electrons. The molecule has 8 nitrogen and oxygen atoms in total. The molecule has 0 radical (unpaired) electrons. The van der Waals surface area contributed by atoms with Crippen LogP contribution in [0.25, 0.3) is 6.08 Å². The summed E-state index contributed by atoms with van der Waals surface area (Å²) in [6, 6.07) is 8.12. The minimum Gasteiger partial charge on any atom is -0.489 e. The van der Waals surface area contributed by atoms with Gasteiger partial charge in [0.25, 0.3) is 11.8 Å². The van der Waals surface area contributed by atoms with Gasteiger partial charge in [0.05, 0.1) is 21.3 Å². The van der Waals surface area contributed by atoms with Crippen molar-refractivity contribution in [1.82, 2.24) is 5.32 Å². The Morgan fingerprint density at radius 1 is 1.30 bits per heavy atom. The molecule has 0 spiro atoms. The molecule has 2 aromatic carbocycles. The van der Waals surface area contributed by atoms with E-state index in [4.69, 9.17) is 17.0 Å². The molecule has 0 saturated carbocycles. The highest BCUT2D eigenvalue weighted by Crippen LogP contribution is 2.34. The number of hydrogen-bond donors (Lipinski definition) is 1. The SMILES string of the molecule is COc1c(I)cc(/C=C2\C(=O)NC(=S)N(c3ccc(Br)cc3C)C2=O)cc1[N+](=O)[O-]. The van der Waals surface area contributed by atoms with E-state index in [-0.39, 0.29) is 22.1 Å². The second-order valence-corrected chi connectivity index (χ2v) is 8.67. The summed E-state index contributed by atoms with van der Waals surface area (Å²) < 4.78 is 6.39. The lowest BCUT2D eigenvalue weighted by Crippen LogP contribution is -2.54. The number of thiocarbonyl (C=S) groups is 1. The van der Waals surface area contributed by atoms with Crippen LogP contribution in [-0.4, -0.2) is 29.0 Å². The molecule has 0 aliphatic carbocycles. The van der Waals surface area contributed by atoms with E-state index in [0.29, 0.717) is 14.8 Å². The van der Waals surface area contributed by atoms with E-state index in [1.165, 1.54) is 24.2 Å². The molecule has 0 bridgehead atoms. The Labute approximate surface area is 198 Å². The summed E-state index contributed by atoms with van der Waals surface area (Å²) in [5, 5.41) is 13.8. The first-order valence-electron chi connectivity index (χ1n) is 8.33. The van der Waals surface area contributed by atoms with Crippen molar-refractivity contribution in [2.45, 2.75) is 6.92 Å². The number of nitro groups is 1. The van der Waals surface area contributed by atoms with Gasteiger partial charge in [-0.1, -0.05) is 15.9 Å². The number of hydrogen-bond acceptors (Lipinski definition) is 6. The number of amides is 2. The van der Waals surface area contributed by atoms with Gasteiger partial charge in [-0.2, -0.15) is 0 Å². The van der Waals surface area contributed by atoms with E-state index >= 15 is 0 Å². The number of carbonyl (C=O) groups is 2. The van der Waals surface area contributed by atoms with Crippen molar-refractivity contribution in [3.8, 4) is 5.75 Å². The molecule has 11 heteroatoms. The van der Waals surface area contributed by atoms with Crippen LogP contribution in [0.3, 0.4) is 0 Å². The van der Waals surface area contributed by atoms with Gasteiger partial charge in [-0.3, -0.25) is 29.9 Å². The predicted octanol–water partition coefficient (Wildman–Crippen LogP) is 4.11. The highest BCUT2D eigenvalue weighted by Gasteiger charge is 2.35. The Bertz CT molecular complexity index is 1150. The smallest absolute Gasteiger partial charge is 0.312 e. The standard InChI is InChI=1S/C19H13BrIN3O5S/c1-9-5-11(20)3-4-14(9)23-18(26)12(17(25)22-19(23)30)6-10-7-13(21)16(29-2)15(8-10)24(27)28/h3-8H,1-2H3,(H,22,25,30)/b12-6+. The molecule has 1 fully saturated rings. The quantitative estimate of drug-likeness (QED) is 0.141. The van der Waals surface area contributed by atoms with Crippen LogP contribution in [-0.2, 0) is 9.59 Å². The molecule has 3 rings (SSSR count). The van der Waals surface area contributed by atoms with Gasteiger partial charge in [0, 0.05) is 10.5 Å². The van der Waals surface area contributed by atoms with Crippen molar-refractivity contribution in [1.29, 1.82) is 0 Å². The second-order valence-electron chi connectivity index (χ2n) is 6.20. The maximum Gasteiger partial charge on any atom is 0.312 e. The molecule has 1 heterocycles. The lowest BCUT2D eigenvalue weighted by atomic mass is 10.1. The third-order valence-electron chi connectivity index (χ3n) is 4.26. The molecule has 1 saturated heterocycles. The number of halogens is 2. The first kappa shape index (κ1) is 22.3. The molecular formula is C19H13BrIN3O5S. The predicted molar refractivity (Wildman–Crippen MR) is 127 cm³/mol. The zero-order valence-electron chi connectivity index (χ0n) is 15.6. The molecule has 0 unspecified atom stereocenters.